The molecule has 0 heterocycles. The second kappa shape index (κ2) is 8.16. The molecule has 0 aliphatic heterocycles. The molecule has 3 N–H and O–H groups in total. The van der Waals surface area contributed by atoms with E-state index < -0.39 is 0 Å². The summed E-state index contributed by atoms with van der Waals surface area (Å²) in [5.74, 6) is 0.309. The van der Waals surface area contributed by atoms with Gasteiger partial charge >= 0.3 is 0 Å². The first-order valence-electron chi connectivity index (χ1n) is 9.35. The zero-order valence-corrected chi connectivity index (χ0v) is 15.6. The maximum Gasteiger partial charge on any atom is 0.258 e. The first-order valence-corrected chi connectivity index (χ1v) is 9.35. The Morgan fingerprint density at radius 3 is 2.52 bits per heavy atom. The molecule has 0 saturated heterocycles. The Balaban J connectivity index is 1.85. The highest BCUT2D eigenvalue weighted by Crippen LogP contribution is 2.30. The number of nitrogens with one attached hydrogen (secondary N) is 1. The lowest BCUT2D eigenvalue weighted by atomic mass is 9.82. The minimum absolute atomic E-state index is 0.0130. The van der Waals surface area contributed by atoms with E-state index in [1.54, 1.807) is 29.2 Å². The van der Waals surface area contributed by atoms with Gasteiger partial charge in [0.1, 0.15) is 12.1 Å². The Labute approximate surface area is 159 Å². The van der Waals surface area contributed by atoms with Gasteiger partial charge in [0.15, 0.2) is 0 Å². The molecule has 27 heavy (non-hydrogen) atoms. The summed E-state index contributed by atoms with van der Waals surface area (Å²) in [6.07, 6.45) is 4.53. The van der Waals surface area contributed by atoms with E-state index in [-0.39, 0.29) is 11.7 Å². The average molecular weight is 363 g/mol. The van der Waals surface area contributed by atoms with E-state index in [0.717, 1.165) is 31.2 Å². The van der Waals surface area contributed by atoms with Crippen molar-refractivity contribution in [2.75, 3.05) is 11.4 Å². The number of aryl methyl sites for hydroxylation is 1. The Hall–Kier alpha value is -2.95. The average Bonchev–Trinajstić information content (AvgIpc) is 2.68. The van der Waals surface area contributed by atoms with Gasteiger partial charge in [-0.2, -0.15) is 0 Å². The van der Waals surface area contributed by atoms with Gasteiger partial charge in [-0.1, -0.05) is 18.2 Å². The van der Waals surface area contributed by atoms with Crippen molar-refractivity contribution < 1.29 is 9.59 Å². The van der Waals surface area contributed by atoms with Crippen LogP contribution in [-0.4, -0.2) is 24.6 Å². The molecule has 1 amide bonds. The first kappa shape index (κ1) is 18.8. The Morgan fingerprint density at radius 1 is 1.19 bits per heavy atom. The summed E-state index contributed by atoms with van der Waals surface area (Å²) in [5.41, 5.74) is 10.1. The fourth-order valence-corrected chi connectivity index (χ4v) is 3.72. The van der Waals surface area contributed by atoms with Gasteiger partial charge in [-0.15, -0.1) is 0 Å². The molecular formula is C22H25N3O2. The lowest BCUT2D eigenvalue weighted by molar-refractivity contribution is -0.108. The van der Waals surface area contributed by atoms with Gasteiger partial charge in [0.25, 0.3) is 5.91 Å². The number of carbonyl (C=O) groups is 2. The summed E-state index contributed by atoms with van der Waals surface area (Å²) in [4.78, 5) is 25.6. The molecule has 2 aromatic rings. The molecule has 0 bridgehead atoms. The standard InChI is InChI=1S/C22H25N3O2/c1-2-25(22(27)18-7-5-17(6-8-18)21(23)24)20-10-9-16-4-3-15(11-12-26)13-19(16)14-20/h5-10,12,14-15H,2-4,11,13H2,1H3,(H3,23,24). The number of aldehydes is 1. The zero-order valence-electron chi connectivity index (χ0n) is 15.6. The third-order valence-electron chi connectivity index (χ3n) is 5.27. The van der Waals surface area contributed by atoms with Crippen molar-refractivity contribution >= 4 is 23.7 Å². The highest BCUT2D eigenvalue weighted by molar-refractivity contribution is 6.06. The van der Waals surface area contributed by atoms with Crippen LogP contribution in [0.25, 0.3) is 0 Å². The fraction of sp³-hybridized carbons (Fsp3) is 0.318. The zero-order chi connectivity index (χ0) is 19.4. The number of nitrogen functional groups attached to an aromatic ring is 1. The van der Waals surface area contributed by atoms with E-state index in [9.17, 15) is 9.59 Å². The minimum Gasteiger partial charge on any atom is -0.384 e. The molecule has 0 spiro atoms. The number of anilines is 1. The lowest BCUT2D eigenvalue weighted by Crippen LogP contribution is -2.31. The van der Waals surface area contributed by atoms with Crippen molar-refractivity contribution in [3.8, 4) is 0 Å². The van der Waals surface area contributed by atoms with Crippen LogP contribution in [0.4, 0.5) is 5.69 Å². The van der Waals surface area contributed by atoms with Crippen molar-refractivity contribution in [1.82, 2.24) is 0 Å². The third kappa shape index (κ3) is 4.08. The highest BCUT2D eigenvalue weighted by Gasteiger charge is 2.21. The predicted octanol–water partition coefficient (Wildman–Crippen LogP) is 3.33. The second-order valence-electron chi connectivity index (χ2n) is 7.00. The number of hydrogen-bond donors (Lipinski definition) is 2. The Bertz CT molecular complexity index is 858. The van der Waals surface area contributed by atoms with Crippen LogP contribution in [0.5, 0.6) is 0 Å². The number of fused-ring (bicyclic) bond motifs is 1. The topological polar surface area (TPSA) is 87.2 Å². The number of nitrogens with two attached hydrogens (primary N) is 1. The quantitative estimate of drug-likeness (QED) is 0.469. The summed E-state index contributed by atoms with van der Waals surface area (Å²) in [7, 11) is 0. The molecule has 0 radical (unpaired) electrons. The SMILES string of the molecule is CCN(C(=O)c1ccc(C(=N)N)cc1)c1ccc2c(c1)CC(CC=O)CC2. The number of rotatable bonds is 6. The van der Waals surface area contributed by atoms with Crippen LogP contribution in [0.3, 0.4) is 0 Å². The van der Waals surface area contributed by atoms with Crippen LogP contribution in [0, 0.1) is 11.3 Å². The maximum absolute atomic E-state index is 13.0. The first-order chi connectivity index (χ1) is 13.0. The minimum atomic E-state index is -0.0761. The molecule has 2 aromatic carbocycles. The van der Waals surface area contributed by atoms with Gasteiger partial charge in [-0.25, -0.2) is 0 Å². The lowest BCUT2D eigenvalue weighted by Gasteiger charge is -2.27. The molecular weight excluding hydrogens is 338 g/mol. The molecule has 3 rings (SSSR count). The van der Waals surface area contributed by atoms with Crippen LogP contribution >= 0.6 is 0 Å². The van der Waals surface area contributed by atoms with E-state index in [4.69, 9.17) is 11.1 Å². The van der Waals surface area contributed by atoms with Crippen molar-refractivity contribution in [1.29, 1.82) is 5.41 Å². The largest absolute Gasteiger partial charge is 0.384 e. The molecule has 5 heteroatoms. The smallest absolute Gasteiger partial charge is 0.258 e. The number of amidine groups is 1. The van der Waals surface area contributed by atoms with E-state index in [1.807, 2.05) is 13.0 Å². The number of carbonyl (C=O) groups excluding carboxylic acids is 2. The summed E-state index contributed by atoms with van der Waals surface area (Å²) in [5, 5.41) is 7.46. The van der Waals surface area contributed by atoms with Gasteiger partial charge in [-0.05, 0) is 67.5 Å². The third-order valence-corrected chi connectivity index (χ3v) is 5.27. The van der Waals surface area contributed by atoms with Crippen LogP contribution in [0.15, 0.2) is 42.5 Å². The van der Waals surface area contributed by atoms with E-state index in [2.05, 4.69) is 12.1 Å². The Kier molecular flexibility index (Phi) is 5.69. The van der Waals surface area contributed by atoms with Gasteiger partial charge in [0.2, 0.25) is 0 Å². The van der Waals surface area contributed by atoms with Crippen LogP contribution in [0.1, 0.15) is 46.8 Å². The van der Waals surface area contributed by atoms with Crippen molar-refractivity contribution in [2.24, 2.45) is 11.7 Å². The number of benzene rings is 2. The van der Waals surface area contributed by atoms with Gasteiger partial charge < -0.3 is 15.4 Å². The van der Waals surface area contributed by atoms with Crippen molar-refractivity contribution in [2.45, 2.75) is 32.6 Å². The summed E-state index contributed by atoms with van der Waals surface area (Å²) >= 11 is 0. The van der Waals surface area contributed by atoms with E-state index in [0.29, 0.717) is 30.0 Å². The maximum atomic E-state index is 13.0. The summed E-state index contributed by atoms with van der Waals surface area (Å²) in [6.45, 7) is 2.51. The molecule has 0 saturated carbocycles. The van der Waals surface area contributed by atoms with Gasteiger partial charge in [-0.3, -0.25) is 10.2 Å². The molecule has 1 aliphatic rings. The highest BCUT2D eigenvalue weighted by atomic mass is 16.2. The Morgan fingerprint density at radius 2 is 1.89 bits per heavy atom. The monoisotopic (exact) mass is 363 g/mol. The van der Waals surface area contributed by atoms with Crippen LogP contribution in [0.2, 0.25) is 0 Å². The van der Waals surface area contributed by atoms with Crippen molar-refractivity contribution in [3.63, 3.8) is 0 Å². The molecule has 0 fully saturated rings. The molecule has 1 unspecified atom stereocenters. The molecule has 140 valence electrons. The molecule has 1 atom stereocenters. The summed E-state index contributed by atoms with van der Waals surface area (Å²) in [6, 6.07) is 13.0. The molecule has 5 nitrogen and oxygen atoms in total. The predicted molar refractivity (Wildman–Crippen MR) is 107 cm³/mol. The number of nitrogens with zero attached hydrogens (tertiary/aromatic N) is 1. The number of amides is 1. The van der Waals surface area contributed by atoms with Crippen LogP contribution in [-0.2, 0) is 17.6 Å². The molecule has 0 aromatic heterocycles. The van der Waals surface area contributed by atoms with E-state index in [1.165, 1.54) is 11.1 Å². The second-order valence-corrected chi connectivity index (χ2v) is 7.00. The molecule has 1 aliphatic carbocycles. The normalized spacial score (nSPS) is 15.7. The van der Waals surface area contributed by atoms with Gasteiger partial charge in [0, 0.05) is 29.8 Å². The summed E-state index contributed by atoms with van der Waals surface area (Å²) < 4.78 is 0. The van der Waals surface area contributed by atoms with E-state index >= 15 is 0 Å². The van der Waals surface area contributed by atoms with Gasteiger partial charge in [0.05, 0.1) is 0 Å². The number of hydrogen-bond acceptors (Lipinski definition) is 3. The fourth-order valence-electron chi connectivity index (χ4n) is 3.72. The van der Waals surface area contributed by atoms with Crippen molar-refractivity contribution in [3.05, 3.63) is 64.7 Å². The van der Waals surface area contributed by atoms with Crippen LogP contribution < -0.4 is 10.6 Å².